The topological polar surface area (TPSA) is 71.4 Å². The summed E-state index contributed by atoms with van der Waals surface area (Å²) in [5, 5.41) is 3.35. The Balaban J connectivity index is 1.66. The molecule has 0 saturated carbocycles. The van der Waals surface area contributed by atoms with Gasteiger partial charge in [0.2, 0.25) is 10.0 Å². The average molecular weight is 379 g/mol. The number of benzene rings is 1. The van der Waals surface area contributed by atoms with Gasteiger partial charge in [-0.2, -0.15) is 0 Å². The standard InChI is InChI=1S/C18H22FN3O3S/c1-21-13-4-5-14(21)9-12(8-13)20-18(23)16-10-22(26(2,24)25)17-6-3-11(19)7-15(16)17/h3,6-7,10,12-14H,4-5,8-9H2,1-2H3,(H,20,23)/t12?,13-,14+. The molecular weight excluding hydrogens is 357 g/mol. The van der Waals surface area contributed by atoms with Crippen LogP contribution in [0.25, 0.3) is 10.9 Å². The summed E-state index contributed by atoms with van der Waals surface area (Å²) in [6.45, 7) is 0. The fourth-order valence-electron chi connectivity index (χ4n) is 4.42. The Morgan fingerprint density at radius 3 is 2.50 bits per heavy atom. The fraction of sp³-hybridized carbons (Fsp3) is 0.500. The average Bonchev–Trinajstić information content (AvgIpc) is 3.01. The van der Waals surface area contributed by atoms with Crippen molar-refractivity contribution < 1.29 is 17.6 Å². The fourth-order valence-corrected chi connectivity index (χ4v) is 5.23. The first-order chi connectivity index (χ1) is 12.2. The van der Waals surface area contributed by atoms with E-state index in [9.17, 15) is 17.6 Å². The Bertz CT molecular complexity index is 971. The lowest BCUT2D eigenvalue weighted by Gasteiger charge is -2.36. The van der Waals surface area contributed by atoms with E-state index in [0.29, 0.717) is 23.0 Å². The Hall–Kier alpha value is -1.93. The summed E-state index contributed by atoms with van der Waals surface area (Å²) in [5.41, 5.74) is 0.499. The van der Waals surface area contributed by atoms with Gasteiger partial charge in [-0.15, -0.1) is 0 Å². The predicted molar refractivity (Wildman–Crippen MR) is 97.2 cm³/mol. The van der Waals surface area contributed by atoms with E-state index in [1.807, 2.05) is 0 Å². The van der Waals surface area contributed by atoms with Crippen LogP contribution in [0.2, 0.25) is 0 Å². The molecule has 1 aromatic heterocycles. The maximum absolute atomic E-state index is 13.7. The van der Waals surface area contributed by atoms with Gasteiger partial charge in [-0.3, -0.25) is 4.79 Å². The number of aromatic nitrogens is 1. The molecule has 2 fully saturated rings. The highest BCUT2D eigenvalue weighted by atomic mass is 32.2. The molecule has 8 heteroatoms. The van der Waals surface area contributed by atoms with Crippen molar-refractivity contribution in [2.24, 2.45) is 0 Å². The van der Waals surface area contributed by atoms with Gasteiger partial charge < -0.3 is 10.2 Å². The second-order valence-corrected chi connectivity index (χ2v) is 9.31. The molecule has 2 aliphatic rings. The third kappa shape index (κ3) is 2.91. The molecular formula is C18H22FN3O3S. The zero-order valence-electron chi connectivity index (χ0n) is 14.8. The second kappa shape index (κ2) is 6.06. The minimum atomic E-state index is -3.60. The molecule has 26 heavy (non-hydrogen) atoms. The molecule has 0 spiro atoms. The second-order valence-electron chi connectivity index (χ2n) is 7.46. The zero-order chi connectivity index (χ0) is 18.6. The monoisotopic (exact) mass is 379 g/mol. The van der Waals surface area contributed by atoms with E-state index >= 15 is 0 Å². The number of nitrogens with one attached hydrogen (secondary N) is 1. The molecule has 2 aliphatic heterocycles. The number of amides is 1. The van der Waals surface area contributed by atoms with Crippen LogP contribution in [0.4, 0.5) is 4.39 Å². The summed E-state index contributed by atoms with van der Waals surface area (Å²) in [5.74, 6) is -0.855. The van der Waals surface area contributed by atoms with Crippen LogP contribution in [-0.4, -0.2) is 54.6 Å². The number of rotatable bonds is 3. The quantitative estimate of drug-likeness (QED) is 0.885. The number of hydrogen-bond acceptors (Lipinski definition) is 4. The first kappa shape index (κ1) is 17.5. The van der Waals surface area contributed by atoms with Crippen LogP contribution < -0.4 is 5.32 Å². The Morgan fingerprint density at radius 2 is 1.88 bits per heavy atom. The largest absolute Gasteiger partial charge is 0.349 e. The highest BCUT2D eigenvalue weighted by Crippen LogP contribution is 2.34. The van der Waals surface area contributed by atoms with Crippen molar-refractivity contribution in [1.82, 2.24) is 14.2 Å². The van der Waals surface area contributed by atoms with Gasteiger partial charge in [-0.1, -0.05) is 0 Å². The van der Waals surface area contributed by atoms with Crippen molar-refractivity contribution in [2.75, 3.05) is 13.3 Å². The number of fused-ring (bicyclic) bond motifs is 3. The maximum Gasteiger partial charge on any atom is 0.253 e. The molecule has 3 heterocycles. The molecule has 1 unspecified atom stereocenters. The van der Waals surface area contributed by atoms with E-state index < -0.39 is 15.8 Å². The van der Waals surface area contributed by atoms with Crippen molar-refractivity contribution in [1.29, 1.82) is 0 Å². The lowest BCUT2D eigenvalue weighted by atomic mass is 9.97. The molecule has 6 nitrogen and oxygen atoms in total. The number of carbonyl (C=O) groups excluding carboxylic acids is 1. The highest BCUT2D eigenvalue weighted by molar-refractivity contribution is 7.89. The molecule has 140 valence electrons. The normalized spacial score (nSPS) is 26.3. The van der Waals surface area contributed by atoms with Crippen molar-refractivity contribution >= 4 is 26.8 Å². The summed E-state index contributed by atoms with van der Waals surface area (Å²) < 4.78 is 38.8. The lowest BCUT2D eigenvalue weighted by Crippen LogP contribution is -2.48. The smallest absolute Gasteiger partial charge is 0.253 e. The first-order valence-corrected chi connectivity index (χ1v) is 10.6. The summed E-state index contributed by atoms with van der Waals surface area (Å²) in [7, 11) is -1.47. The molecule has 2 bridgehead atoms. The lowest BCUT2D eigenvalue weighted by molar-refractivity contribution is 0.0884. The van der Waals surface area contributed by atoms with Gasteiger partial charge in [-0.05, 0) is 50.9 Å². The van der Waals surface area contributed by atoms with Crippen LogP contribution in [0, 0.1) is 5.82 Å². The number of halogens is 1. The number of hydrogen-bond donors (Lipinski definition) is 1. The minimum absolute atomic E-state index is 0.0568. The third-order valence-electron chi connectivity index (χ3n) is 5.77. The molecule has 1 N–H and O–H groups in total. The highest BCUT2D eigenvalue weighted by Gasteiger charge is 2.39. The molecule has 4 rings (SSSR count). The summed E-state index contributed by atoms with van der Waals surface area (Å²) >= 11 is 0. The zero-order valence-corrected chi connectivity index (χ0v) is 15.6. The van der Waals surface area contributed by atoms with E-state index in [-0.39, 0.29) is 17.5 Å². The number of piperidine rings is 1. The predicted octanol–water partition coefficient (Wildman–Crippen LogP) is 1.94. The molecule has 2 aromatic rings. The van der Waals surface area contributed by atoms with Gasteiger partial charge in [-0.25, -0.2) is 16.8 Å². The molecule has 2 saturated heterocycles. The van der Waals surface area contributed by atoms with Gasteiger partial charge in [0.05, 0.1) is 17.3 Å². The number of carbonyl (C=O) groups is 1. The maximum atomic E-state index is 13.7. The Kier molecular flexibility index (Phi) is 4.07. The summed E-state index contributed by atoms with van der Waals surface area (Å²) in [4.78, 5) is 15.2. The van der Waals surface area contributed by atoms with Gasteiger partial charge in [0.1, 0.15) is 5.82 Å². The van der Waals surface area contributed by atoms with Gasteiger partial charge in [0, 0.05) is 29.7 Å². The third-order valence-corrected chi connectivity index (χ3v) is 6.78. The molecule has 3 atom stereocenters. The molecule has 0 radical (unpaired) electrons. The van der Waals surface area contributed by atoms with E-state index in [4.69, 9.17) is 0 Å². The van der Waals surface area contributed by atoms with Crippen molar-refractivity contribution in [2.45, 2.75) is 43.8 Å². The Morgan fingerprint density at radius 1 is 1.23 bits per heavy atom. The van der Waals surface area contributed by atoms with Crippen LogP contribution in [-0.2, 0) is 10.0 Å². The van der Waals surface area contributed by atoms with E-state index in [1.165, 1.54) is 24.4 Å². The van der Waals surface area contributed by atoms with Gasteiger partial charge in [0.25, 0.3) is 5.91 Å². The first-order valence-electron chi connectivity index (χ1n) is 8.78. The van der Waals surface area contributed by atoms with E-state index in [2.05, 4.69) is 17.3 Å². The minimum Gasteiger partial charge on any atom is -0.349 e. The van der Waals surface area contributed by atoms with Crippen molar-refractivity contribution in [3.63, 3.8) is 0 Å². The van der Waals surface area contributed by atoms with Crippen LogP contribution in [0.5, 0.6) is 0 Å². The van der Waals surface area contributed by atoms with Crippen molar-refractivity contribution in [3.8, 4) is 0 Å². The van der Waals surface area contributed by atoms with Gasteiger partial charge in [0.15, 0.2) is 0 Å². The molecule has 0 aliphatic carbocycles. The molecule has 1 amide bonds. The number of nitrogens with zero attached hydrogens (tertiary/aromatic N) is 2. The van der Waals surface area contributed by atoms with E-state index in [1.54, 1.807) is 0 Å². The SMILES string of the molecule is CN1[C@@H]2CC[C@H]1CC(NC(=O)c1cn(S(C)(=O)=O)c3ccc(F)cc13)C2. The van der Waals surface area contributed by atoms with Crippen molar-refractivity contribution in [3.05, 3.63) is 35.8 Å². The van der Waals surface area contributed by atoms with Gasteiger partial charge >= 0.3 is 0 Å². The molecule has 1 aromatic carbocycles. The Labute approximate surface area is 152 Å². The van der Waals surface area contributed by atoms with Crippen LogP contribution in [0.1, 0.15) is 36.0 Å². The van der Waals surface area contributed by atoms with Crippen LogP contribution >= 0.6 is 0 Å². The van der Waals surface area contributed by atoms with Crippen LogP contribution in [0.15, 0.2) is 24.4 Å². The summed E-state index contributed by atoms with van der Waals surface area (Å²) in [6, 6.07) is 4.81. The van der Waals surface area contributed by atoms with E-state index in [0.717, 1.165) is 35.9 Å². The summed E-state index contributed by atoms with van der Waals surface area (Å²) in [6.07, 6.45) is 6.42. The van der Waals surface area contributed by atoms with Crippen LogP contribution in [0.3, 0.4) is 0 Å².